The smallest absolute Gasteiger partial charge is 0.317 e. The summed E-state index contributed by atoms with van der Waals surface area (Å²) in [5, 5.41) is 0. The summed E-state index contributed by atoms with van der Waals surface area (Å²) in [7, 11) is 2.16. The van der Waals surface area contributed by atoms with E-state index in [-0.39, 0.29) is 24.6 Å². The lowest BCUT2D eigenvalue weighted by molar-refractivity contribution is -0.157. The highest BCUT2D eigenvalue weighted by Crippen LogP contribution is 2.36. The van der Waals surface area contributed by atoms with Gasteiger partial charge in [0.25, 0.3) is 0 Å². The topological polar surface area (TPSA) is 55.8 Å². The molecule has 2 aliphatic heterocycles. The maximum absolute atomic E-state index is 12.7. The zero-order chi connectivity index (χ0) is 17.1. The molecule has 1 aromatic carbocycles. The van der Waals surface area contributed by atoms with Gasteiger partial charge in [-0.05, 0) is 38.3 Å². The fraction of sp³-hybridized carbons (Fsp3) is 0.579. The Labute approximate surface area is 142 Å². The number of carbonyl (C=O) groups excluding carboxylic acids is 2. The van der Waals surface area contributed by atoms with Gasteiger partial charge in [0, 0.05) is 19.0 Å². The molecule has 2 saturated heterocycles. The summed E-state index contributed by atoms with van der Waals surface area (Å²) in [4.78, 5) is 26.3. The first-order valence-corrected chi connectivity index (χ1v) is 8.65. The number of ether oxygens (including phenoxy) is 2. The summed E-state index contributed by atoms with van der Waals surface area (Å²) in [6.45, 7) is 1.37. The Morgan fingerprint density at radius 1 is 1.17 bits per heavy atom. The highest BCUT2D eigenvalue weighted by atomic mass is 16.6. The van der Waals surface area contributed by atoms with Crippen molar-refractivity contribution in [2.45, 2.75) is 56.7 Å². The van der Waals surface area contributed by atoms with E-state index >= 15 is 0 Å². The number of nitrogens with zero attached hydrogens (tertiary/aromatic N) is 1. The monoisotopic (exact) mass is 331 g/mol. The van der Waals surface area contributed by atoms with Crippen LogP contribution in [-0.4, -0.2) is 48.7 Å². The van der Waals surface area contributed by atoms with Gasteiger partial charge >= 0.3 is 11.9 Å². The van der Waals surface area contributed by atoms with Crippen molar-refractivity contribution >= 4 is 11.9 Å². The SMILES string of the molecule is CC(=O)OCC(C(=O)OC1C[C@H]2CC[C@@H](C1)N2C)c1ccccc1. The van der Waals surface area contributed by atoms with Crippen LogP contribution in [0.5, 0.6) is 0 Å². The van der Waals surface area contributed by atoms with Gasteiger partial charge in [-0.3, -0.25) is 9.59 Å². The van der Waals surface area contributed by atoms with E-state index in [1.54, 1.807) is 0 Å². The highest BCUT2D eigenvalue weighted by molar-refractivity contribution is 5.79. The second-order valence-corrected chi connectivity index (χ2v) is 6.85. The van der Waals surface area contributed by atoms with Crippen molar-refractivity contribution in [2.75, 3.05) is 13.7 Å². The van der Waals surface area contributed by atoms with Gasteiger partial charge in [0.05, 0.1) is 0 Å². The molecule has 1 aromatic rings. The molecule has 2 aliphatic rings. The molecule has 2 bridgehead atoms. The molecule has 0 saturated carbocycles. The fourth-order valence-corrected chi connectivity index (χ4v) is 3.89. The number of benzene rings is 1. The molecule has 2 unspecified atom stereocenters. The van der Waals surface area contributed by atoms with Gasteiger partial charge in [0.15, 0.2) is 0 Å². The molecule has 24 heavy (non-hydrogen) atoms. The Morgan fingerprint density at radius 2 is 1.79 bits per heavy atom. The van der Waals surface area contributed by atoms with Gasteiger partial charge in [-0.15, -0.1) is 0 Å². The first-order chi connectivity index (χ1) is 11.5. The van der Waals surface area contributed by atoms with Gasteiger partial charge in [0.1, 0.15) is 18.6 Å². The predicted molar refractivity (Wildman–Crippen MR) is 89.5 cm³/mol. The molecule has 130 valence electrons. The Morgan fingerprint density at radius 3 is 2.38 bits per heavy atom. The molecule has 0 radical (unpaired) electrons. The molecule has 5 nitrogen and oxygen atoms in total. The van der Waals surface area contributed by atoms with Crippen LogP contribution in [0.2, 0.25) is 0 Å². The second kappa shape index (κ2) is 7.34. The third kappa shape index (κ3) is 3.78. The summed E-state index contributed by atoms with van der Waals surface area (Å²) >= 11 is 0. The van der Waals surface area contributed by atoms with Crippen molar-refractivity contribution in [3.63, 3.8) is 0 Å². The van der Waals surface area contributed by atoms with Crippen LogP contribution in [0.3, 0.4) is 0 Å². The van der Waals surface area contributed by atoms with Crippen molar-refractivity contribution in [3.8, 4) is 0 Å². The third-order valence-corrected chi connectivity index (χ3v) is 5.28. The number of fused-ring (bicyclic) bond motifs is 2. The van der Waals surface area contributed by atoms with E-state index in [1.807, 2.05) is 30.3 Å². The van der Waals surface area contributed by atoms with Gasteiger partial charge in [-0.2, -0.15) is 0 Å². The fourth-order valence-electron chi connectivity index (χ4n) is 3.89. The number of carbonyl (C=O) groups is 2. The first kappa shape index (κ1) is 17.0. The number of hydrogen-bond acceptors (Lipinski definition) is 5. The first-order valence-electron chi connectivity index (χ1n) is 8.65. The molecule has 0 spiro atoms. The van der Waals surface area contributed by atoms with E-state index in [0.717, 1.165) is 18.4 Å². The van der Waals surface area contributed by atoms with Crippen LogP contribution < -0.4 is 0 Å². The van der Waals surface area contributed by atoms with Crippen LogP contribution >= 0.6 is 0 Å². The Hall–Kier alpha value is -1.88. The average Bonchev–Trinajstić information content (AvgIpc) is 2.77. The lowest BCUT2D eigenvalue weighted by atomic mass is 9.98. The molecular formula is C19H25NO4. The minimum atomic E-state index is -0.563. The minimum absolute atomic E-state index is 0.0255. The highest BCUT2D eigenvalue weighted by Gasteiger charge is 2.40. The Bertz CT molecular complexity index is 574. The van der Waals surface area contributed by atoms with Crippen LogP contribution in [0.25, 0.3) is 0 Å². The van der Waals surface area contributed by atoms with E-state index < -0.39 is 5.92 Å². The lowest BCUT2D eigenvalue weighted by Crippen LogP contribution is -2.44. The molecule has 0 N–H and O–H groups in total. The van der Waals surface area contributed by atoms with Crippen molar-refractivity contribution in [1.29, 1.82) is 0 Å². The number of hydrogen-bond donors (Lipinski definition) is 0. The largest absolute Gasteiger partial charge is 0.465 e. The van der Waals surface area contributed by atoms with E-state index in [2.05, 4.69) is 11.9 Å². The van der Waals surface area contributed by atoms with Crippen LogP contribution in [0, 0.1) is 0 Å². The molecule has 2 heterocycles. The second-order valence-electron chi connectivity index (χ2n) is 6.85. The van der Waals surface area contributed by atoms with Crippen molar-refractivity contribution in [1.82, 2.24) is 4.90 Å². The van der Waals surface area contributed by atoms with E-state index in [4.69, 9.17) is 9.47 Å². The maximum atomic E-state index is 12.7. The Balaban J connectivity index is 1.66. The normalized spacial score (nSPS) is 27.5. The summed E-state index contributed by atoms with van der Waals surface area (Å²) < 4.78 is 10.9. The van der Waals surface area contributed by atoms with Crippen LogP contribution in [0.4, 0.5) is 0 Å². The van der Waals surface area contributed by atoms with Crippen molar-refractivity contribution in [2.24, 2.45) is 0 Å². The molecule has 2 fully saturated rings. The number of esters is 2. The molecule has 5 heteroatoms. The molecular weight excluding hydrogens is 306 g/mol. The van der Waals surface area contributed by atoms with Gasteiger partial charge < -0.3 is 14.4 Å². The van der Waals surface area contributed by atoms with Gasteiger partial charge in [-0.25, -0.2) is 0 Å². The predicted octanol–water partition coefficient (Wildman–Crippen LogP) is 2.50. The molecule has 0 aliphatic carbocycles. The average molecular weight is 331 g/mol. The molecule has 3 rings (SSSR count). The van der Waals surface area contributed by atoms with Crippen molar-refractivity contribution < 1.29 is 19.1 Å². The third-order valence-electron chi connectivity index (χ3n) is 5.28. The minimum Gasteiger partial charge on any atom is -0.465 e. The maximum Gasteiger partial charge on any atom is 0.317 e. The zero-order valence-electron chi connectivity index (χ0n) is 14.3. The van der Waals surface area contributed by atoms with Crippen LogP contribution in [0.1, 0.15) is 44.1 Å². The van der Waals surface area contributed by atoms with Gasteiger partial charge in [0.2, 0.25) is 0 Å². The summed E-state index contributed by atoms with van der Waals surface area (Å²) in [6.07, 6.45) is 4.13. The summed E-state index contributed by atoms with van der Waals surface area (Å²) in [6, 6.07) is 10.4. The quantitative estimate of drug-likeness (QED) is 0.776. The van der Waals surface area contributed by atoms with Crippen LogP contribution in [-0.2, 0) is 19.1 Å². The zero-order valence-corrected chi connectivity index (χ0v) is 14.3. The molecule has 0 amide bonds. The standard InChI is InChI=1S/C19H25NO4/c1-13(21)23-12-18(14-6-4-3-5-7-14)19(22)24-17-10-15-8-9-16(11-17)20(15)2/h3-7,15-18H,8-12H2,1-2H3/t15-,16+,17?,18?. The van der Waals surface area contributed by atoms with E-state index in [1.165, 1.54) is 19.8 Å². The van der Waals surface area contributed by atoms with Crippen LogP contribution in [0.15, 0.2) is 30.3 Å². The van der Waals surface area contributed by atoms with E-state index in [9.17, 15) is 9.59 Å². The summed E-state index contributed by atoms with van der Waals surface area (Å²) in [5.74, 6) is -1.25. The number of piperidine rings is 1. The Kier molecular flexibility index (Phi) is 5.19. The number of rotatable bonds is 5. The lowest BCUT2D eigenvalue weighted by Gasteiger charge is -2.36. The van der Waals surface area contributed by atoms with Gasteiger partial charge in [-0.1, -0.05) is 30.3 Å². The summed E-state index contributed by atoms with van der Waals surface area (Å²) in [5.41, 5.74) is 0.819. The van der Waals surface area contributed by atoms with E-state index in [0.29, 0.717) is 12.1 Å². The van der Waals surface area contributed by atoms with Crippen molar-refractivity contribution in [3.05, 3.63) is 35.9 Å². The molecule has 4 atom stereocenters. The molecule has 0 aromatic heterocycles.